The summed E-state index contributed by atoms with van der Waals surface area (Å²) in [5.74, 6) is 0. The minimum Gasteiger partial charge on any atom is -0.375 e. The van der Waals surface area contributed by atoms with Gasteiger partial charge in [-0.2, -0.15) is 0 Å². The van der Waals surface area contributed by atoms with E-state index in [-0.39, 0.29) is 0 Å². The Morgan fingerprint density at radius 3 is 2.58 bits per heavy atom. The van der Waals surface area contributed by atoms with Crippen LogP contribution in [-0.4, -0.2) is 5.49 Å². The summed E-state index contributed by atoms with van der Waals surface area (Å²) >= 11 is 4.76. The molecule has 12 heavy (non-hydrogen) atoms. The Morgan fingerprint density at radius 2 is 2.08 bits per heavy atom. The molecule has 2 heteroatoms. The molecule has 0 spiro atoms. The summed E-state index contributed by atoms with van der Waals surface area (Å²) < 4.78 is 0. The lowest BCUT2D eigenvalue weighted by atomic mass is 10.1. The molecule has 1 rings (SSSR count). The van der Waals surface area contributed by atoms with E-state index in [0.29, 0.717) is 6.04 Å². The first-order chi connectivity index (χ1) is 5.88. The van der Waals surface area contributed by atoms with E-state index in [1.54, 1.807) is 5.49 Å². The summed E-state index contributed by atoms with van der Waals surface area (Å²) in [7, 11) is 0. The SMILES string of the molecule is CC[C@H](NC=S)c1ccccc1. The molecule has 0 aliphatic carbocycles. The van der Waals surface area contributed by atoms with Crippen molar-refractivity contribution in [3.05, 3.63) is 35.9 Å². The van der Waals surface area contributed by atoms with Gasteiger partial charge in [0.25, 0.3) is 0 Å². The number of thiocarbonyl (C=S) groups is 1. The molecule has 0 saturated heterocycles. The zero-order chi connectivity index (χ0) is 8.81. The van der Waals surface area contributed by atoms with Gasteiger partial charge in [0.05, 0.1) is 11.5 Å². The zero-order valence-electron chi connectivity index (χ0n) is 7.16. The second-order valence-corrected chi connectivity index (χ2v) is 2.89. The fraction of sp³-hybridized carbons (Fsp3) is 0.300. The first kappa shape index (κ1) is 9.20. The van der Waals surface area contributed by atoms with Crippen LogP contribution >= 0.6 is 12.2 Å². The van der Waals surface area contributed by atoms with Crippen molar-refractivity contribution in [3.63, 3.8) is 0 Å². The summed E-state index contributed by atoms with van der Waals surface area (Å²) in [5.41, 5.74) is 2.88. The third-order valence-corrected chi connectivity index (χ3v) is 2.02. The first-order valence-electron chi connectivity index (χ1n) is 4.13. The fourth-order valence-electron chi connectivity index (χ4n) is 1.22. The van der Waals surface area contributed by atoms with E-state index in [1.807, 2.05) is 18.2 Å². The highest BCUT2D eigenvalue weighted by Crippen LogP contribution is 2.14. The summed E-state index contributed by atoms with van der Waals surface area (Å²) in [6.45, 7) is 2.14. The predicted molar refractivity (Wildman–Crippen MR) is 56.3 cm³/mol. The molecule has 1 atom stereocenters. The van der Waals surface area contributed by atoms with E-state index in [1.165, 1.54) is 5.56 Å². The third-order valence-electron chi connectivity index (χ3n) is 1.88. The Labute approximate surface area is 78.8 Å². The summed E-state index contributed by atoms with van der Waals surface area (Å²) in [6, 6.07) is 10.7. The van der Waals surface area contributed by atoms with Crippen LogP contribution in [0.2, 0.25) is 0 Å². The van der Waals surface area contributed by atoms with Crippen molar-refractivity contribution in [1.82, 2.24) is 5.32 Å². The van der Waals surface area contributed by atoms with Gasteiger partial charge in [-0.15, -0.1) is 0 Å². The molecule has 0 heterocycles. The maximum atomic E-state index is 4.76. The van der Waals surface area contributed by atoms with Crippen LogP contribution in [0.1, 0.15) is 24.9 Å². The van der Waals surface area contributed by atoms with Crippen molar-refractivity contribution in [2.75, 3.05) is 0 Å². The summed E-state index contributed by atoms with van der Waals surface area (Å²) in [4.78, 5) is 0. The fourth-order valence-corrected chi connectivity index (χ4v) is 1.38. The molecule has 1 aromatic carbocycles. The number of hydrogen-bond donors (Lipinski definition) is 1. The van der Waals surface area contributed by atoms with Gasteiger partial charge in [-0.1, -0.05) is 49.5 Å². The molecule has 1 aromatic rings. The molecule has 0 aliphatic rings. The number of hydrogen-bond acceptors (Lipinski definition) is 1. The van der Waals surface area contributed by atoms with Crippen LogP contribution in [0, 0.1) is 0 Å². The molecule has 0 aromatic heterocycles. The largest absolute Gasteiger partial charge is 0.375 e. The molecule has 1 N–H and O–H groups in total. The van der Waals surface area contributed by atoms with Crippen LogP contribution in [0.25, 0.3) is 0 Å². The van der Waals surface area contributed by atoms with E-state index in [4.69, 9.17) is 12.2 Å². The molecule has 1 nitrogen and oxygen atoms in total. The minimum absolute atomic E-state index is 0.365. The van der Waals surface area contributed by atoms with E-state index >= 15 is 0 Å². The maximum absolute atomic E-state index is 4.76. The standard InChI is InChI=1S/C10H13NS/c1-2-10(11-8-12)9-6-4-3-5-7-9/h3-8,10H,2H2,1H3,(H,11,12)/t10-/m0/s1. The van der Waals surface area contributed by atoms with Crippen LogP contribution in [0.5, 0.6) is 0 Å². The van der Waals surface area contributed by atoms with Gasteiger partial charge in [-0.25, -0.2) is 0 Å². The zero-order valence-corrected chi connectivity index (χ0v) is 7.97. The Balaban J connectivity index is 2.72. The number of benzene rings is 1. The van der Waals surface area contributed by atoms with E-state index in [9.17, 15) is 0 Å². The highest BCUT2D eigenvalue weighted by Gasteiger charge is 2.04. The molecule has 64 valence electrons. The molecular weight excluding hydrogens is 166 g/mol. The minimum atomic E-state index is 0.365. The number of nitrogens with one attached hydrogen (secondary N) is 1. The van der Waals surface area contributed by atoms with Gasteiger partial charge in [-0.3, -0.25) is 0 Å². The topological polar surface area (TPSA) is 12.0 Å². The van der Waals surface area contributed by atoms with E-state index in [0.717, 1.165) is 6.42 Å². The Kier molecular flexibility index (Phi) is 3.74. The van der Waals surface area contributed by atoms with Gasteiger partial charge in [0, 0.05) is 0 Å². The van der Waals surface area contributed by atoms with Gasteiger partial charge in [0.15, 0.2) is 0 Å². The van der Waals surface area contributed by atoms with E-state index < -0.39 is 0 Å². The van der Waals surface area contributed by atoms with Gasteiger partial charge < -0.3 is 5.32 Å². The molecule has 0 saturated carbocycles. The highest BCUT2D eigenvalue weighted by molar-refractivity contribution is 7.78. The van der Waals surface area contributed by atoms with Gasteiger partial charge in [-0.05, 0) is 12.0 Å². The number of rotatable bonds is 4. The Morgan fingerprint density at radius 1 is 1.42 bits per heavy atom. The second kappa shape index (κ2) is 4.88. The van der Waals surface area contributed by atoms with Gasteiger partial charge >= 0.3 is 0 Å². The van der Waals surface area contributed by atoms with Crippen molar-refractivity contribution in [2.24, 2.45) is 0 Å². The van der Waals surface area contributed by atoms with Crippen LogP contribution in [0.15, 0.2) is 30.3 Å². The van der Waals surface area contributed by atoms with Crippen molar-refractivity contribution in [3.8, 4) is 0 Å². The van der Waals surface area contributed by atoms with Crippen molar-refractivity contribution < 1.29 is 0 Å². The summed E-state index contributed by atoms with van der Waals surface area (Å²) in [5, 5.41) is 3.14. The quantitative estimate of drug-likeness (QED) is 0.713. The highest BCUT2D eigenvalue weighted by atomic mass is 32.1. The molecule has 0 aliphatic heterocycles. The van der Waals surface area contributed by atoms with Crippen molar-refractivity contribution in [2.45, 2.75) is 19.4 Å². The van der Waals surface area contributed by atoms with Crippen LogP contribution in [-0.2, 0) is 0 Å². The van der Waals surface area contributed by atoms with Crippen LogP contribution in [0.4, 0.5) is 0 Å². The van der Waals surface area contributed by atoms with Gasteiger partial charge in [0.1, 0.15) is 0 Å². The molecule has 0 amide bonds. The molecule has 0 radical (unpaired) electrons. The molecular formula is C10H13NS. The first-order valence-corrected chi connectivity index (χ1v) is 4.60. The summed E-state index contributed by atoms with van der Waals surface area (Å²) in [6.07, 6.45) is 1.05. The average Bonchev–Trinajstić information content (AvgIpc) is 2.15. The Bertz CT molecular complexity index is 233. The van der Waals surface area contributed by atoms with E-state index in [2.05, 4.69) is 24.4 Å². The third kappa shape index (κ3) is 2.31. The van der Waals surface area contributed by atoms with Gasteiger partial charge in [0.2, 0.25) is 0 Å². The smallest absolute Gasteiger partial charge is 0.0619 e. The normalized spacial score (nSPS) is 12.1. The lowest BCUT2D eigenvalue weighted by molar-refractivity contribution is 0.636. The van der Waals surface area contributed by atoms with Crippen LogP contribution in [0.3, 0.4) is 0 Å². The average molecular weight is 179 g/mol. The van der Waals surface area contributed by atoms with Crippen molar-refractivity contribution in [1.29, 1.82) is 0 Å². The predicted octanol–water partition coefficient (Wildman–Crippen LogP) is 2.68. The van der Waals surface area contributed by atoms with Crippen LogP contribution < -0.4 is 5.32 Å². The lowest BCUT2D eigenvalue weighted by Gasteiger charge is -2.14. The molecule has 0 fully saturated rings. The lowest BCUT2D eigenvalue weighted by Crippen LogP contribution is -2.17. The molecule has 0 unspecified atom stereocenters. The Hall–Kier alpha value is -0.890. The monoisotopic (exact) mass is 179 g/mol. The van der Waals surface area contributed by atoms with Crippen molar-refractivity contribution >= 4 is 17.7 Å². The second-order valence-electron chi connectivity index (χ2n) is 2.66. The maximum Gasteiger partial charge on any atom is 0.0619 e. The molecule has 0 bridgehead atoms.